The van der Waals surface area contributed by atoms with Gasteiger partial charge in [0.2, 0.25) is 11.8 Å². The fraction of sp³-hybridized carbons (Fsp3) is 0.571. The molecule has 2 aromatic rings. The van der Waals surface area contributed by atoms with E-state index >= 15 is 0 Å². The Balaban J connectivity index is 1.25. The molecule has 4 rings (SSSR count). The van der Waals surface area contributed by atoms with Crippen molar-refractivity contribution in [2.75, 3.05) is 13.1 Å². The summed E-state index contributed by atoms with van der Waals surface area (Å²) >= 11 is 1.68. The number of nitrogens with one attached hydrogen (secondary N) is 1. The van der Waals surface area contributed by atoms with Crippen LogP contribution in [0.4, 0.5) is 0 Å². The Morgan fingerprint density at radius 3 is 2.74 bits per heavy atom. The van der Waals surface area contributed by atoms with Crippen LogP contribution in [0.25, 0.3) is 10.2 Å². The van der Waals surface area contributed by atoms with Crippen LogP contribution in [0.15, 0.2) is 24.3 Å². The average molecular weight is 386 g/mol. The van der Waals surface area contributed by atoms with E-state index in [1.807, 2.05) is 36.9 Å². The zero-order valence-electron chi connectivity index (χ0n) is 16.0. The number of carbonyl (C=O) groups is 2. The first-order valence-electron chi connectivity index (χ1n) is 9.89. The average Bonchev–Trinajstić information content (AvgIpc) is 3.14. The van der Waals surface area contributed by atoms with Gasteiger partial charge >= 0.3 is 0 Å². The lowest BCUT2D eigenvalue weighted by Gasteiger charge is -2.33. The van der Waals surface area contributed by atoms with Crippen LogP contribution in [0.2, 0.25) is 0 Å². The predicted octanol–water partition coefficient (Wildman–Crippen LogP) is 3.38. The van der Waals surface area contributed by atoms with E-state index < -0.39 is 0 Å². The molecule has 6 heteroatoms. The number of piperidine rings is 1. The quantitative estimate of drug-likeness (QED) is 0.858. The van der Waals surface area contributed by atoms with Gasteiger partial charge in [-0.15, -0.1) is 11.3 Å². The molecule has 2 aliphatic rings. The molecule has 1 saturated heterocycles. The standard InChI is InChI=1S/C21H27N3O2S/c1-14(2)20(26)23-17-13-21(17)9-11-24(12-10-21)19(25)8-7-18-22-15-5-3-4-6-16(15)27-18/h3-6,14,17H,7-13H2,1-2H3,(H,23,26). The molecule has 1 atom stereocenters. The molecule has 1 saturated carbocycles. The number of aryl methyl sites for hydroxylation is 1. The van der Waals surface area contributed by atoms with Gasteiger partial charge in [0.25, 0.3) is 0 Å². The van der Waals surface area contributed by atoms with Crippen molar-refractivity contribution < 1.29 is 9.59 Å². The summed E-state index contributed by atoms with van der Waals surface area (Å²) in [5.74, 6) is 0.408. The van der Waals surface area contributed by atoms with E-state index in [-0.39, 0.29) is 23.1 Å². The monoisotopic (exact) mass is 385 g/mol. The second-order valence-corrected chi connectivity index (χ2v) is 9.35. The highest BCUT2D eigenvalue weighted by atomic mass is 32.1. The number of hydrogen-bond acceptors (Lipinski definition) is 4. The predicted molar refractivity (Wildman–Crippen MR) is 108 cm³/mol. The number of aromatic nitrogens is 1. The first-order chi connectivity index (χ1) is 13.0. The van der Waals surface area contributed by atoms with Gasteiger partial charge < -0.3 is 10.2 Å². The van der Waals surface area contributed by atoms with E-state index in [2.05, 4.69) is 16.4 Å². The Bertz CT molecular complexity index is 819. The number of likely N-dealkylation sites (tertiary alicyclic amines) is 1. The third-order valence-corrected chi connectivity index (χ3v) is 7.13. The summed E-state index contributed by atoms with van der Waals surface area (Å²) in [6.07, 6.45) is 4.32. The molecular formula is C21H27N3O2S. The van der Waals surface area contributed by atoms with Crippen molar-refractivity contribution in [2.24, 2.45) is 11.3 Å². The van der Waals surface area contributed by atoms with Crippen molar-refractivity contribution in [3.8, 4) is 0 Å². The minimum absolute atomic E-state index is 0.0341. The molecule has 0 radical (unpaired) electrons. The van der Waals surface area contributed by atoms with Crippen LogP contribution in [0.5, 0.6) is 0 Å². The Labute approximate surface area is 164 Å². The van der Waals surface area contributed by atoms with Gasteiger partial charge in [0.05, 0.1) is 15.2 Å². The fourth-order valence-corrected chi connectivity index (χ4v) is 5.01. The molecule has 2 fully saturated rings. The number of carbonyl (C=O) groups excluding carboxylic acids is 2. The molecule has 1 unspecified atom stereocenters. The molecule has 27 heavy (non-hydrogen) atoms. The maximum Gasteiger partial charge on any atom is 0.222 e. The third-order valence-electron chi connectivity index (χ3n) is 6.03. The summed E-state index contributed by atoms with van der Waals surface area (Å²) in [4.78, 5) is 31.1. The minimum atomic E-state index is 0.0341. The Morgan fingerprint density at radius 2 is 2.04 bits per heavy atom. The molecule has 1 aliphatic heterocycles. The van der Waals surface area contributed by atoms with E-state index in [4.69, 9.17) is 0 Å². The van der Waals surface area contributed by atoms with E-state index in [0.29, 0.717) is 18.9 Å². The van der Waals surface area contributed by atoms with Gasteiger partial charge in [-0.1, -0.05) is 26.0 Å². The number of nitrogens with zero attached hydrogens (tertiary/aromatic N) is 2. The van der Waals surface area contributed by atoms with Gasteiger partial charge in [-0.05, 0) is 36.8 Å². The van der Waals surface area contributed by atoms with Crippen molar-refractivity contribution in [1.29, 1.82) is 0 Å². The molecule has 1 aromatic carbocycles. The zero-order valence-corrected chi connectivity index (χ0v) is 16.8. The Kier molecular flexibility index (Phi) is 4.93. The SMILES string of the molecule is CC(C)C(=O)NC1CC12CCN(C(=O)CCc1nc3ccccc3s1)CC2. The highest BCUT2D eigenvalue weighted by Gasteiger charge is 2.55. The lowest BCUT2D eigenvalue weighted by molar-refractivity contribution is -0.133. The fourth-order valence-electron chi connectivity index (χ4n) is 4.04. The number of hydrogen-bond donors (Lipinski definition) is 1. The highest BCUT2D eigenvalue weighted by molar-refractivity contribution is 7.18. The lowest BCUT2D eigenvalue weighted by atomic mass is 9.92. The molecule has 144 valence electrons. The molecule has 1 N–H and O–H groups in total. The normalized spacial score (nSPS) is 21.0. The topological polar surface area (TPSA) is 62.3 Å². The molecule has 5 nitrogen and oxygen atoms in total. The van der Waals surface area contributed by atoms with E-state index in [1.54, 1.807) is 11.3 Å². The summed E-state index contributed by atoms with van der Waals surface area (Å²) in [6, 6.07) is 8.42. The maximum absolute atomic E-state index is 12.6. The smallest absolute Gasteiger partial charge is 0.222 e. The van der Waals surface area contributed by atoms with Gasteiger partial charge in [-0.3, -0.25) is 9.59 Å². The van der Waals surface area contributed by atoms with Crippen molar-refractivity contribution in [3.63, 3.8) is 0 Å². The van der Waals surface area contributed by atoms with Crippen molar-refractivity contribution in [2.45, 2.75) is 52.0 Å². The minimum Gasteiger partial charge on any atom is -0.353 e. The molecule has 1 aliphatic carbocycles. The number of thiazole rings is 1. The first kappa shape index (κ1) is 18.4. The second-order valence-electron chi connectivity index (χ2n) is 8.24. The first-order valence-corrected chi connectivity index (χ1v) is 10.7. The number of fused-ring (bicyclic) bond motifs is 1. The van der Waals surface area contributed by atoms with Crippen LogP contribution in [0.3, 0.4) is 0 Å². The number of amides is 2. The zero-order chi connectivity index (χ0) is 19.0. The van der Waals surface area contributed by atoms with Crippen LogP contribution in [0.1, 0.15) is 44.5 Å². The van der Waals surface area contributed by atoms with Gasteiger partial charge in [-0.25, -0.2) is 4.98 Å². The molecule has 1 spiro atoms. The van der Waals surface area contributed by atoms with E-state index in [0.717, 1.165) is 42.9 Å². The Morgan fingerprint density at radius 1 is 1.30 bits per heavy atom. The molecule has 2 heterocycles. The summed E-state index contributed by atoms with van der Waals surface area (Å²) in [7, 11) is 0. The summed E-state index contributed by atoms with van der Waals surface area (Å²) in [6.45, 7) is 5.48. The van der Waals surface area contributed by atoms with Crippen molar-refractivity contribution in [3.05, 3.63) is 29.3 Å². The Hall–Kier alpha value is -1.95. The van der Waals surface area contributed by atoms with Crippen LogP contribution in [-0.2, 0) is 16.0 Å². The van der Waals surface area contributed by atoms with Crippen LogP contribution in [0, 0.1) is 11.3 Å². The molecule has 0 bridgehead atoms. The summed E-state index contributed by atoms with van der Waals surface area (Å²) < 4.78 is 1.18. The second kappa shape index (κ2) is 7.23. The van der Waals surface area contributed by atoms with Crippen molar-refractivity contribution >= 4 is 33.4 Å². The van der Waals surface area contributed by atoms with E-state index in [1.165, 1.54) is 4.70 Å². The van der Waals surface area contributed by atoms with Gasteiger partial charge in [0.15, 0.2) is 0 Å². The summed E-state index contributed by atoms with van der Waals surface area (Å²) in [5.41, 5.74) is 1.27. The number of benzene rings is 1. The van der Waals surface area contributed by atoms with Crippen molar-refractivity contribution in [1.82, 2.24) is 15.2 Å². The van der Waals surface area contributed by atoms with Gasteiger partial charge in [0.1, 0.15) is 0 Å². The summed E-state index contributed by atoms with van der Waals surface area (Å²) in [5, 5.41) is 4.21. The van der Waals surface area contributed by atoms with Crippen LogP contribution in [-0.4, -0.2) is 40.8 Å². The third kappa shape index (κ3) is 3.86. The number of para-hydroxylation sites is 1. The number of rotatable bonds is 5. The van der Waals surface area contributed by atoms with Gasteiger partial charge in [-0.2, -0.15) is 0 Å². The molecule has 2 amide bonds. The van der Waals surface area contributed by atoms with E-state index in [9.17, 15) is 9.59 Å². The molecular weight excluding hydrogens is 358 g/mol. The van der Waals surface area contributed by atoms with Gasteiger partial charge in [0, 0.05) is 37.9 Å². The van der Waals surface area contributed by atoms with Crippen LogP contribution < -0.4 is 5.32 Å². The van der Waals surface area contributed by atoms with Crippen LogP contribution >= 0.6 is 11.3 Å². The highest BCUT2D eigenvalue weighted by Crippen LogP contribution is 2.54. The molecule has 1 aromatic heterocycles. The lowest BCUT2D eigenvalue weighted by Crippen LogP contribution is -2.42. The maximum atomic E-state index is 12.6. The largest absolute Gasteiger partial charge is 0.353 e.